The summed E-state index contributed by atoms with van der Waals surface area (Å²) in [5, 5.41) is 0. The van der Waals surface area contributed by atoms with Gasteiger partial charge in [-0.2, -0.15) is 0 Å². The van der Waals surface area contributed by atoms with Crippen LogP contribution in [0.2, 0.25) is 0 Å². The van der Waals surface area contributed by atoms with Crippen molar-refractivity contribution in [2.24, 2.45) is 0 Å². The summed E-state index contributed by atoms with van der Waals surface area (Å²) in [4.78, 5) is 0. The number of hydrogen-bond acceptors (Lipinski definition) is 0. The molecule has 0 aliphatic rings. The van der Waals surface area contributed by atoms with E-state index >= 15 is 0 Å². The van der Waals surface area contributed by atoms with E-state index in [2.05, 4.69) is 38.6 Å². The Morgan fingerprint density at radius 1 is 1.42 bits per heavy atom. The monoisotopic (exact) mass is 160 g/mol. The maximum atomic E-state index is 3.79. The second-order valence-corrected chi connectivity index (χ2v) is 3.15. The first-order valence-corrected chi connectivity index (χ1v) is 4.50. The maximum absolute atomic E-state index is 3.79. The lowest BCUT2D eigenvalue weighted by Gasteiger charge is -2.03. The zero-order chi connectivity index (χ0) is 8.97. The molecule has 0 unspecified atom stereocenters. The molecule has 0 radical (unpaired) electrons. The molecule has 0 saturated carbocycles. The van der Waals surface area contributed by atoms with E-state index in [9.17, 15) is 0 Å². The summed E-state index contributed by atoms with van der Waals surface area (Å²) in [7, 11) is 0. The van der Waals surface area contributed by atoms with E-state index in [1.165, 1.54) is 29.5 Å². The molecule has 0 spiro atoms. The van der Waals surface area contributed by atoms with Gasteiger partial charge in [0.2, 0.25) is 0 Å². The molecule has 0 aliphatic carbocycles. The normalized spacial score (nSPS) is 9.83. The van der Waals surface area contributed by atoms with Crippen LogP contribution in [0.5, 0.6) is 0 Å². The first-order chi connectivity index (χ1) is 5.77. The predicted molar refractivity (Wildman–Crippen MR) is 55.3 cm³/mol. The van der Waals surface area contributed by atoms with Crippen LogP contribution in [0.15, 0.2) is 24.8 Å². The quantitative estimate of drug-likeness (QED) is 0.634. The summed E-state index contributed by atoms with van der Waals surface area (Å²) in [6.45, 7) is 8.11. The molecule has 0 fully saturated rings. The highest BCUT2D eigenvalue weighted by molar-refractivity contribution is 5.52. The van der Waals surface area contributed by atoms with Gasteiger partial charge >= 0.3 is 0 Å². The van der Waals surface area contributed by atoms with Crippen LogP contribution in [0.1, 0.15) is 30.0 Å². The summed E-state index contributed by atoms with van der Waals surface area (Å²) in [5.41, 5.74) is 3.99. The average Bonchev–Trinajstić information content (AvgIpc) is 2.09. The minimum absolute atomic E-state index is 1.17. The van der Waals surface area contributed by atoms with Gasteiger partial charge in [-0.3, -0.25) is 0 Å². The van der Waals surface area contributed by atoms with Gasteiger partial charge in [-0.1, -0.05) is 44.2 Å². The van der Waals surface area contributed by atoms with Crippen LogP contribution in [0.4, 0.5) is 0 Å². The molecular weight excluding hydrogens is 144 g/mol. The maximum Gasteiger partial charge on any atom is -0.0230 e. The Labute approximate surface area is 74.9 Å². The molecule has 0 bridgehead atoms. The molecule has 1 rings (SSSR count). The fourth-order valence-corrected chi connectivity index (χ4v) is 1.35. The first-order valence-electron chi connectivity index (χ1n) is 4.50. The van der Waals surface area contributed by atoms with Crippen molar-refractivity contribution in [1.29, 1.82) is 0 Å². The molecule has 0 aromatic heterocycles. The Hall–Kier alpha value is -1.04. The van der Waals surface area contributed by atoms with Gasteiger partial charge in [-0.15, -0.1) is 0 Å². The van der Waals surface area contributed by atoms with Gasteiger partial charge in [0.1, 0.15) is 0 Å². The summed E-state index contributed by atoms with van der Waals surface area (Å²) in [5.74, 6) is 0. The molecule has 1 aromatic carbocycles. The van der Waals surface area contributed by atoms with Crippen LogP contribution in [0, 0.1) is 6.92 Å². The summed E-state index contributed by atoms with van der Waals surface area (Å²) in [6, 6.07) is 6.60. The Morgan fingerprint density at radius 3 is 2.75 bits per heavy atom. The minimum Gasteiger partial charge on any atom is -0.0985 e. The van der Waals surface area contributed by atoms with Gasteiger partial charge in [0.15, 0.2) is 0 Å². The van der Waals surface area contributed by atoms with Crippen molar-refractivity contribution in [3.8, 4) is 0 Å². The van der Waals surface area contributed by atoms with Gasteiger partial charge in [-0.05, 0) is 30.0 Å². The molecule has 1 aromatic rings. The van der Waals surface area contributed by atoms with E-state index < -0.39 is 0 Å². The van der Waals surface area contributed by atoms with Crippen LogP contribution in [-0.2, 0) is 6.42 Å². The van der Waals surface area contributed by atoms with Crippen molar-refractivity contribution >= 4 is 6.08 Å². The number of benzene rings is 1. The number of rotatable bonds is 3. The van der Waals surface area contributed by atoms with Crippen LogP contribution >= 0.6 is 0 Å². The number of hydrogen-bond donors (Lipinski definition) is 0. The lowest BCUT2D eigenvalue weighted by Crippen LogP contribution is -1.86. The highest BCUT2D eigenvalue weighted by Crippen LogP contribution is 2.13. The Morgan fingerprint density at radius 2 is 2.17 bits per heavy atom. The summed E-state index contributed by atoms with van der Waals surface area (Å²) in [6.07, 6.45) is 4.30. The molecule has 0 nitrogen and oxygen atoms in total. The fourth-order valence-electron chi connectivity index (χ4n) is 1.35. The second-order valence-electron chi connectivity index (χ2n) is 3.15. The molecule has 0 aliphatic heterocycles. The highest BCUT2D eigenvalue weighted by Gasteiger charge is 1.95. The van der Waals surface area contributed by atoms with E-state index in [1.807, 2.05) is 6.08 Å². The molecule has 0 heterocycles. The third-order valence-electron chi connectivity index (χ3n) is 2.10. The lowest BCUT2D eigenvalue weighted by atomic mass is 10.0. The third-order valence-corrected chi connectivity index (χ3v) is 2.10. The molecule has 0 heteroatoms. The van der Waals surface area contributed by atoms with E-state index in [4.69, 9.17) is 0 Å². The second kappa shape index (κ2) is 4.10. The smallest absolute Gasteiger partial charge is 0.0230 e. The van der Waals surface area contributed by atoms with Gasteiger partial charge in [0, 0.05) is 0 Å². The molecule has 0 atom stereocenters. The van der Waals surface area contributed by atoms with E-state index in [1.54, 1.807) is 0 Å². The van der Waals surface area contributed by atoms with Gasteiger partial charge in [0.05, 0.1) is 0 Å². The standard InChI is InChI=1S/C12H16/c1-4-6-11-8-7-10(3)12(5-2)9-11/h5,7-9H,2,4,6H2,1,3H3. The van der Waals surface area contributed by atoms with E-state index in [0.717, 1.165) is 0 Å². The summed E-state index contributed by atoms with van der Waals surface area (Å²) >= 11 is 0. The topological polar surface area (TPSA) is 0 Å². The van der Waals surface area contributed by atoms with Crippen molar-refractivity contribution in [2.45, 2.75) is 26.7 Å². The van der Waals surface area contributed by atoms with Crippen LogP contribution in [0.3, 0.4) is 0 Å². The zero-order valence-corrected chi connectivity index (χ0v) is 7.93. The van der Waals surface area contributed by atoms with E-state index in [0.29, 0.717) is 0 Å². The van der Waals surface area contributed by atoms with Gasteiger partial charge in [-0.25, -0.2) is 0 Å². The van der Waals surface area contributed by atoms with Crippen LogP contribution in [0.25, 0.3) is 6.08 Å². The van der Waals surface area contributed by atoms with Gasteiger partial charge in [0.25, 0.3) is 0 Å². The molecule has 0 saturated heterocycles. The van der Waals surface area contributed by atoms with Crippen molar-refractivity contribution in [3.05, 3.63) is 41.5 Å². The SMILES string of the molecule is C=Cc1cc(CCC)ccc1C. The lowest BCUT2D eigenvalue weighted by molar-refractivity contribution is 0.921. The van der Waals surface area contributed by atoms with Crippen molar-refractivity contribution < 1.29 is 0 Å². The zero-order valence-electron chi connectivity index (χ0n) is 7.93. The van der Waals surface area contributed by atoms with Crippen molar-refractivity contribution in [2.75, 3.05) is 0 Å². The Bertz CT molecular complexity index is 271. The fraction of sp³-hybridized carbons (Fsp3) is 0.333. The molecular formula is C12H16. The van der Waals surface area contributed by atoms with Crippen molar-refractivity contribution in [1.82, 2.24) is 0 Å². The van der Waals surface area contributed by atoms with Crippen LogP contribution in [-0.4, -0.2) is 0 Å². The largest absolute Gasteiger partial charge is 0.0985 e. The first kappa shape index (κ1) is 9.05. The number of aryl methyl sites for hydroxylation is 2. The molecule has 0 amide bonds. The van der Waals surface area contributed by atoms with E-state index in [-0.39, 0.29) is 0 Å². The Kier molecular flexibility index (Phi) is 3.09. The molecule has 64 valence electrons. The third kappa shape index (κ3) is 1.97. The van der Waals surface area contributed by atoms with Crippen LogP contribution < -0.4 is 0 Å². The predicted octanol–water partition coefficient (Wildman–Crippen LogP) is 3.59. The van der Waals surface area contributed by atoms with Gasteiger partial charge < -0.3 is 0 Å². The highest BCUT2D eigenvalue weighted by atomic mass is 14.0. The summed E-state index contributed by atoms with van der Waals surface area (Å²) < 4.78 is 0. The van der Waals surface area contributed by atoms with Crippen molar-refractivity contribution in [3.63, 3.8) is 0 Å². The molecule has 0 N–H and O–H groups in total. The minimum atomic E-state index is 1.17. The Balaban J connectivity index is 2.96. The molecule has 12 heavy (non-hydrogen) atoms. The average molecular weight is 160 g/mol.